The molecule has 120 valence electrons. The first-order chi connectivity index (χ1) is 10.3. The summed E-state index contributed by atoms with van der Waals surface area (Å²) < 4.78 is 0. The van der Waals surface area contributed by atoms with Gasteiger partial charge in [-0.1, -0.05) is 6.92 Å². The van der Waals surface area contributed by atoms with Gasteiger partial charge in [-0.25, -0.2) is 0 Å². The second kappa shape index (κ2) is 7.10. The molecule has 0 aromatic carbocycles. The fraction of sp³-hybridized carbons (Fsp3) is 0.941. The van der Waals surface area contributed by atoms with Crippen LogP contribution in [0, 0.1) is 0 Å². The van der Waals surface area contributed by atoms with Crippen molar-refractivity contribution in [3.8, 4) is 0 Å². The summed E-state index contributed by atoms with van der Waals surface area (Å²) in [4.78, 5) is 17.1. The average Bonchev–Trinajstić information content (AvgIpc) is 2.75. The van der Waals surface area contributed by atoms with Gasteiger partial charge in [-0.15, -0.1) is 0 Å². The largest absolute Gasteiger partial charge is 0.342 e. The van der Waals surface area contributed by atoms with E-state index in [4.69, 9.17) is 0 Å². The summed E-state index contributed by atoms with van der Waals surface area (Å²) in [5.41, 5.74) is 0. The van der Waals surface area contributed by atoms with Crippen molar-refractivity contribution in [2.75, 3.05) is 26.2 Å². The first-order valence-electron chi connectivity index (χ1n) is 9.05. The third-order valence-corrected chi connectivity index (χ3v) is 5.59. The van der Waals surface area contributed by atoms with Gasteiger partial charge in [0, 0.05) is 31.2 Å². The van der Waals surface area contributed by atoms with Crippen LogP contribution in [0.5, 0.6) is 0 Å². The smallest absolute Gasteiger partial charge is 0.236 e. The van der Waals surface area contributed by atoms with E-state index < -0.39 is 0 Å². The van der Waals surface area contributed by atoms with E-state index in [1.165, 1.54) is 51.4 Å². The molecule has 0 saturated carbocycles. The lowest BCUT2D eigenvalue weighted by atomic mass is 9.97. The number of amides is 1. The summed E-state index contributed by atoms with van der Waals surface area (Å²) >= 11 is 0. The fourth-order valence-corrected chi connectivity index (χ4v) is 4.45. The zero-order valence-corrected chi connectivity index (χ0v) is 13.5. The molecule has 3 aliphatic heterocycles. The second-order valence-corrected chi connectivity index (χ2v) is 7.12. The van der Waals surface area contributed by atoms with Gasteiger partial charge in [0.15, 0.2) is 0 Å². The molecule has 2 unspecified atom stereocenters. The van der Waals surface area contributed by atoms with Gasteiger partial charge in [0.2, 0.25) is 5.91 Å². The van der Waals surface area contributed by atoms with E-state index in [1.807, 2.05) is 0 Å². The first-order valence-corrected chi connectivity index (χ1v) is 9.05. The van der Waals surface area contributed by atoms with Crippen LogP contribution in [0.4, 0.5) is 0 Å². The molecule has 0 aromatic rings. The predicted octanol–water partition coefficient (Wildman–Crippen LogP) is 1.99. The molecule has 2 atom stereocenters. The van der Waals surface area contributed by atoms with Gasteiger partial charge in [0.1, 0.15) is 0 Å². The Bertz CT molecular complexity index is 340. The molecule has 3 fully saturated rings. The minimum atomic E-state index is 0.381. The molecule has 0 aromatic heterocycles. The van der Waals surface area contributed by atoms with Crippen molar-refractivity contribution in [1.29, 1.82) is 0 Å². The number of nitrogens with zero attached hydrogens (tertiary/aromatic N) is 2. The van der Waals surface area contributed by atoms with Gasteiger partial charge >= 0.3 is 0 Å². The second-order valence-electron chi connectivity index (χ2n) is 7.12. The molecular weight excluding hydrogens is 262 g/mol. The van der Waals surface area contributed by atoms with Crippen LogP contribution in [0.3, 0.4) is 0 Å². The summed E-state index contributed by atoms with van der Waals surface area (Å²) in [6.45, 7) is 6.02. The number of piperidine rings is 2. The van der Waals surface area contributed by atoms with Crippen molar-refractivity contribution in [2.45, 2.75) is 76.4 Å². The van der Waals surface area contributed by atoms with Gasteiger partial charge in [-0.3, -0.25) is 9.69 Å². The number of hydrogen-bond acceptors (Lipinski definition) is 3. The Morgan fingerprint density at radius 1 is 1.10 bits per heavy atom. The molecule has 2 bridgehead atoms. The van der Waals surface area contributed by atoms with E-state index in [9.17, 15) is 4.79 Å². The van der Waals surface area contributed by atoms with Gasteiger partial charge in [-0.2, -0.15) is 0 Å². The van der Waals surface area contributed by atoms with Gasteiger partial charge in [-0.05, 0) is 57.9 Å². The lowest BCUT2D eigenvalue weighted by Crippen LogP contribution is -2.53. The van der Waals surface area contributed by atoms with Crippen molar-refractivity contribution in [1.82, 2.24) is 15.1 Å². The van der Waals surface area contributed by atoms with Crippen molar-refractivity contribution < 1.29 is 4.79 Å². The lowest BCUT2D eigenvalue weighted by molar-refractivity contribution is -0.134. The minimum absolute atomic E-state index is 0.381. The fourth-order valence-electron chi connectivity index (χ4n) is 4.45. The molecule has 0 spiro atoms. The Morgan fingerprint density at radius 3 is 2.38 bits per heavy atom. The van der Waals surface area contributed by atoms with Crippen LogP contribution >= 0.6 is 0 Å². The molecule has 3 aliphatic rings. The van der Waals surface area contributed by atoms with Crippen LogP contribution in [0.2, 0.25) is 0 Å². The number of nitrogens with one attached hydrogen (secondary N) is 1. The third kappa shape index (κ3) is 3.59. The highest BCUT2D eigenvalue weighted by Gasteiger charge is 2.41. The van der Waals surface area contributed by atoms with E-state index in [2.05, 4.69) is 22.0 Å². The van der Waals surface area contributed by atoms with Crippen molar-refractivity contribution in [2.24, 2.45) is 0 Å². The summed E-state index contributed by atoms with van der Waals surface area (Å²) in [6, 6.07) is 1.97. The number of rotatable bonds is 5. The summed E-state index contributed by atoms with van der Waals surface area (Å²) in [5, 5.41) is 3.69. The highest BCUT2D eigenvalue weighted by Crippen LogP contribution is 2.35. The van der Waals surface area contributed by atoms with Crippen molar-refractivity contribution >= 4 is 5.91 Å². The monoisotopic (exact) mass is 293 g/mol. The Balaban J connectivity index is 1.51. The quantitative estimate of drug-likeness (QED) is 0.842. The highest BCUT2D eigenvalue weighted by atomic mass is 16.2. The summed E-state index contributed by atoms with van der Waals surface area (Å²) in [7, 11) is 0. The van der Waals surface area contributed by atoms with Crippen molar-refractivity contribution in [3.63, 3.8) is 0 Å². The molecule has 0 radical (unpaired) electrons. The molecule has 1 amide bonds. The molecule has 1 N–H and O–H groups in total. The lowest BCUT2D eigenvalue weighted by Gasteiger charge is -2.40. The predicted molar refractivity (Wildman–Crippen MR) is 85.3 cm³/mol. The van der Waals surface area contributed by atoms with Crippen LogP contribution in [0.15, 0.2) is 0 Å². The maximum atomic E-state index is 12.5. The van der Waals surface area contributed by atoms with E-state index in [0.29, 0.717) is 30.6 Å². The molecule has 0 aliphatic carbocycles. The number of fused-ring (bicyclic) bond motifs is 2. The van der Waals surface area contributed by atoms with Crippen molar-refractivity contribution in [3.05, 3.63) is 0 Å². The topological polar surface area (TPSA) is 35.6 Å². The normalized spacial score (nSPS) is 33.4. The zero-order valence-electron chi connectivity index (χ0n) is 13.5. The SMILES string of the molecule is CCCNC1CC2CCC(C1)N2CC(=O)N1CCCCC1. The third-order valence-electron chi connectivity index (χ3n) is 5.59. The van der Waals surface area contributed by atoms with E-state index in [-0.39, 0.29) is 0 Å². The van der Waals surface area contributed by atoms with E-state index >= 15 is 0 Å². The Labute approximate surface area is 129 Å². The Hall–Kier alpha value is -0.610. The number of likely N-dealkylation sites (tertiary alicyclic amines) is 1. The maximum absolute atomic E-state index is 12.5. The highest BCUT2D eigenvalue weighted by molar-refractivity contribution is 5.78. The summed E-state index contributed by atoms with van der Waals surface area (Å²) in [6.07, 6.45) is 9.97. The molecular formula is C17H31N3O. The van der Waals surface area contributed by atoms with Gasteiger partial charge in [0.25, 0.3) is 0 Å². The Morgan fingerprint density at radius 2 is 1.76 bits per heavy atom. The number of carbonyl (C=O) groups excluding carboxylic acids is 1. The molecule has 3 rings (SSSR count). The van der Waals surface area contributed by atoms with Crippen LogP contribution in [-0.4, -0.2) is 60.0 Å². The molecule has 4 nitrogen and oxygen atoms in total. The minimum Gasteiger partial charge on any atom is -0.342 e. The maximum Gasteiger partial charge on any atom is 0.236 e. The van der Waals surface area contributed by atoms with Crippen LogP contribution in [0.1, 0.15) is 58.3 Å². The van der Waals surface area contributed by atoms with Gasteiger partial charge in [0.05, 0.1) is 6.54 Å². The van der Waals surface area contributed by atoms with Crippen LogP contribution in [0.25, 0.3) is 0 Å². The molecule has 21 heavy (non-hydrogen) atoms. The summed E-state index contributed by atoms with van der Waals surface area (Å²) in [5.74, 6) is 0.381. The van der Waals surface area contributed by atoms with Crippen LogP contribution < -0.4 is 5.32 Å². The number of carbonyl (C=O) groups is 1. The van der Waals surface area contributed by atoms with E-state index in [1.54, 1.807) is 0 Å². The van der Waals surface area contributed by atoms with E-state index in [0.717, 1.165) is 19.6 Å². The van der Waals surface area contributed by atoms with Crippen LogP contribution in [-0.2, 0) is 4.79 Å². The zero-order chi connectivity index (χ0) is 14.7. The molecule has 4 heteroatoms. The first kappa shape index (κ1) is 15.3. The van der Waals surface area contributed by atoms with Gasteiger partial charge < -0.3 is 10.2 Å². The average molecular weight is 293 g/mol. The standard InChI is InChI=1S/C17H31N3O/c1-2-8-18-14-11-15-6-7-16(12-14)20(15)13-17(21)19-9-4-3-5-10-19/h14-16,18H,2-13H2,1H3. The Kier molecular flexibility index (Phi) is 5.17. The molecule has 3 heterocycles. The number of hydrogen-bond donors (Lipinski definition) is 1. The molecule has 3 saturated heterocycles.